The third kappa shape index (κ3) is 16.8. The monoisotopic (exact) mass is 445 g/mol. The SMILES string of the molecule is CCCCCCCCCCCCCCCCCCOP(=O)(O)CC1CCN(C)CC1. The lowest BCUT2D eigenvalue weighted by Gasteiger charge is -2.29. The van der Waals surface area contributed by atoms with Gasteiger partial charge in [-0.1, -0.05) is 103 Å². The van der Waals surface area contributed by atoms with Gasteiger partial charge >= 0.3 is 7.60 Å². The second-order valence-corrected chi connectivity index (χ2v) is 11.6. The van der Waals surface area contributed by atoms with Crippen molar-refractivity contribution in [3.63, 3.8) is 0 Å². The Kier molecular flexibility index (Phi) is 17.5. The summed E-state index contributed by atoms with van der Waals surface area (Å²) in [6, 6.07) is 0. The van der Waals surface area contributed by atoms with E-state index in [1.54, 1.807) is 0 Å². The summed E-state index contributed by atoms with van der Waals surface area (Å²) in [5, 5.41) is 0. The highest BCUT2D eigenvalue weighted by Gasteiger charge is 2.27. The molecular weight excluding hydrogens is 393 g/mol. The average Bonchev–Trinajstić information content (AvgIpc) is 2.72. The van der Waals surface area contributed by atoms with E-state index >= 15 is 0 Å². The van der Waals surface area contributed by atoms with Crippen LogP contribution in [0.4, 0.5) is 0 Å². The molecule has 0 amide bonds. The van der Waals surface area contributed by atoms with E-state index in [0.717, 1.165) is 38.8 Å². The minimum atomic E-state index is -3.39. The van der Waals surface area contributed by atoms with E-state index in [9.17, 15) is 9.46 Å². The molecule has 0 aromatic heterocycles. The first kappa shape index (κ1) is 28.1. The fourth-order valence-electron chi connectivity index (χ4n) is 4.48. The van der Waals surface area contributed by atoms with Gasteiger partial charge in [-0.3, -0.25) is 4.57 Å². The van der Waals surface area contributed by atoms with Crippen molar-refractivity contribution in [3.8, 4) is 0 Å². The first-order chi connectivity index (χ1) is 14.5. The molecule has 1 unspecified atom stereocenters. The summed E-state index contributed by atoms with van der Waals surface area (Å²) < 4.78 is 17.6. The van der Waals surface area contributed by atoms with Gasteiger partial charge in [0.15, 0.2) is 0 Å². The Hall–Kier alpha value is 0.110. The van der Waals surface area contributed by atoms with Gasteiger partial charge in [0, 0.05) is 0 Å². The molecule has 30 heavy (non-hydrogen) atoms. The molecular formula is C25H52NO3P. The Morgan fingerprint density at radius 2 is 1.17 bits per heavy atom. The van der Waals surface area contributed by atoms with Gasteiger partial charge in [0.2, 0.25) is 0 Å². The maximum atomic E-state index is 12.2. The molecule has 1 fully saturated rings. The van der Waals surface area contributed by atoms with Crippen LogP contribution in [0.3, 0.4) is 0 Å². The first-order valence-corrected chi connectivity index (χ1v) is 14.9. The van der Waals surface area contributed by atoms with Gasteiger partial charge in [0.05, 0.1) is 12.8 Å². The van der Waals surface area contributed by atoms with Crippen LogP contribution in [0.2, 0.25) is 0 Å². The summed E-state index contributed by atoms with van der Waals surface area (Å²) in [6.07, 6.45) is 23.8. The lowest BCUT2D eigenvalue weighted by Crippen LogP contribution is -2.31. The number of rotatable bonds is 20. The zero-order valence-corrected chi connectivity index (χ0v) is 21.2. The fraction of sp³-hybridized carbons (Fsp3) is 1.00. The maximum Gasteiger partial charge on any atom is 0.328 e. The molecule has 0 bridgehead atoms. The molecule has 0 radical (unpaired) electrons. The van der Waals surface area contributed by atoms with Crippen LogP contribution in [0.1, 0.15) is 122 Å². The van der Waals surface area contributed by atoms with Gasteiger partial charge in [-0.25, -0.2) is 0 Å². The second kappa shape index (κ2) is 18.7. The lowest BCUT2D eigenvalue weighted by atomic mass is 10.00. The molecule has 1 heterocycles. The van der Waals surface area contributed by atoms with Gasteiger partial charge in [0.1, 0.15) is 0 Å². The number of piperidine rings is 1. The minimum absolute atomic E-state index is 0.347. The molecule has 1 aliphatic rings. The molecule has 1 atom stereocenters. The summed E-state index contributed by atoms with van der Waals surface area (Å²) in [6.45, 7) is 4.79. The molecule has 0 spiro atoms. The number of hydrogen-bond acceptors (Lipinski definition) is 3. The Bertz CT molecular complexity index is 425. The molecule has 180 valence electrons. The Labute approximate surface area is 188 Å². The fourth-order valence-corrected chi connectivity index (χ4v) is 6.02. The van der Waals surface area contributed by atoms with Gasteiger partial charge in [-0.15, -0.1) is 0 Å². The van der Waals surface area contributed by atoms with Gasteiger partial charge < -0.3 is 14.3 Å². The third-order valence-electron chi connectivity index (χ3n) is 6.62. The van der Waals surface area contributed by atoms with Crippen LogP contribution in [0.25, 0.3) is 0 Å². The van der Waals surface area contributed by atoms with E-state index in [1.807, 2.05) is 0 Å². The summed E-state index contributed by atoms with van der Waals surface area (Å²) >= 11 is 0. The van der Waals surface area contributed by atoms with E-state index in [4.69, 9.17) is 4.52 Å². The Morgan fingerprint density at radius 1 is 0.767 bits per heavy atom. The third-order valence-corrected chi connectivity index (χ3v) is 8.18. The van der Waals surface area contributed by atoms with E-state index in [2.05, 4.69) is 18.9 Å². The molecule has 4 nitrogen and oxygen atoms in total. The Balaban J connectivity index is 1.80. The largest absolute Gasteiger partial charge is 0.328 e. The second-order valence-electron chi connectivity index (χ2n) is 9.70. The van der Waals surface area contributed by atoms with Gasteiger partial charge in [0.25, 0.3) is 0 Å². The van der Waals surface area contributed by atoms with Crippen LogP contribution >= 0.6 is 7.60 Å². The predicted molar refractivity (Wildman–Crippen MR) is 130 cm³/mol. The van der Waals surface area contributed by atoms with E-state index < -0.39 is 7.60 Å². The molecule has 1 saturated heterocycles. The van der Waals surface area contributed by atoms with Crippen LogP contribution in [0, 0.1) is 5.92 Å². The summed E-state index contributed by atoms with van der Waals surface area (Å²) in [4.78, 5) is 12.4. The molecule has 1 rings (SSSR count). The highest BCUT2D eigenvalue weighted by atomic mass is 31.2. The molecule has 0 aromatic carbocycles. The number of nitrogens with zero attached hydrogens (tertiary/aromatic N) is 1. The van der Waals surface area contributed by atoms with Crippen molar-refractivity contribution >= 4 is 7.60 Å². The van der Waals surface area contributed by atoms with Crippen molar-refractivity contribution in [2.24, 2.45) is 5.92 Å². The first-order valence-electron chi connectivity index (χ1n) is 13.2. The topological polar surface area (TPSA) is 49.8 Å². The van der Waals surface area contributed by atoms with E-state index in [-0.39, 0.29) is 0 Å². The summed E-state index contributed by atoms with van der Waals surface area (Å²) in [7, 11) is -1.28. The highest BCUT2D eigenvalue weighted by Crippen LogP contribution is 2.45. The minimum Gasteiger partial charge on any atom is -0.324 e. The highest BCUT2D eigenvalue weighted by molar-refractivity contribution is 7.52. The molecule has 0 aromatic rings. The molecule has 1 N–H and O–H groups in total. The van der Waals surface area contributed by atoms with Crippen molar-refractivity contribution in [2.75, 3.05) is 32.9 Å². The van der Waals surface area contributed by atoms with Gasteiger partial charge in [-0.05, 0) is 45.3 Å². The van der Waals surface area contributed by atoms with Crippen LogP contribution in [0.5, 0.6) is 0 Å². The lowest BCUT2D eigenvalue weighted by molar-refractivity contribution is 0.212. The van der Waals surface area contributed by atoms with Crippen molar-refractivity contribution < 1.29 is 14.0 Å². The average molecular weight is 446 g/mol. The van der Waals surface area contributed by atoms with Crippen LogP contribution in [0.15, 0.2) is 0 Å². The van der Waals surface area contributed by atoms with E-state index in [0.29, 0.717) is 18.7 Å². The summed E-state index contributed by atoms with van der Waals surface area (Å²) in [5.74, 6) is 0.350. The molecule has 0 aliphatic carbocycles. The maximum absolute atomic E-state index is 12.2. The number of hydrogen-bond donors (Lipinski definition) is 1. The van der Waals surface area contributed by atoms with Crippen LogP contribution < -0.4 is 0 Å². The van der Waals surface area contributed by atoms with Crippen molar-refractivity contribution in [1.29, 1.82) is 0 Å². The standard InChI is InChI=1S/C25H52NO3P/c1-3-4-5-6-7-8-9-10-11-12-13-14-15-16-17-18-23-29-30(27,28)24-25-19-21-26(2)22-20-25/h25H,3-24H2,1-2H3,(H,27,28). The number of unbranched alkanes of at least 4 members (excludes halogenated alkanes) is 15. The van der Waals surface area contributed by atoms with Crippen molar-refractivity contribution in [2.45, 2.75) is 122 Å². The summed E-state index contributed by atoms with van der Waals surface area (Å²) in [5.41, 5.74) is 0. The number of likely N-dealkylation sites (tertiary alicyclic amines) is 1. The quantitative estimate of drug-likeness (QED) is 0.153. The normalized spacial score (nSPS) is 18.0. The zero-order valence-electron chi connectivity index (χ0n) is 20.3. The van der Waals surface area contributed by atoms with Crippen LogP contribution in [-0.4, -0.2) is 42.7 Å². The van der Waals surface area contributed by atoms with E-state index in [1.165, 1.54) is 89.9 Å². The molecule has 1 aliphatic heterocycles. The van der Waals surface area contributed by atoms with Crippen molar-refractivity contribution in [3.05, 3.63) is 0 Å². The Morgan fingerprint density at radius 3 is 1.60 bits per heavy atom. The van der Waals surface area contributed by atoms with Gasteiger partial charge in [-0.2, -0.15) is 0 Å². The molecule has 5 heteroatoms. The zero-order chi connectivity index (χ0) is 21.9. The van der Waals surface area contributed by atoms with Crippen molar-refractivity contribution in [1.82, 2.24) is 4.90 Å². The molecule has 0 saturated carbocycles. The van der Waals surface area contributed by atoms with Crippen LogP contribution in [-0.2, 0) is 9.09 Å². The predicted octanol–water partition coefficient (Wildman–Crippen LogP) is 7.79. The smallest absolute Gasteiger partial charge is 0.324 e.